The summed E-state index contributed by atoms with van der Waals surface area (Å²) in [6.45, 7) is 6.95. The molecular formula is C19H38O. The number of rotatable bonds is 14. The van der Waals surface area contributed by atoms with E-state index < -0.39 is 0 Å². The molecule has 1 heteroatoms. The molecule has 3 atom stereocenters. The highest BCUT2D eigenvalue weighted by molar-refractivity contribution is 4.85. The van der Waals surface area contributed by atoms with Gasteiger partial charge in [-0.2, -0.15) is 0 Å². The highest BCUT2D eigenvalue weighted by atomic mass is 16.6. The summed E-state index contributed by atoms with van der Waals surface area (Å²) in [5.41, 5.74) is 0. The van der Waals surface area contributed by atoms with Crippen LogP contribution in [0.15, 0.2) is 0 Å². The van der Waals surface area contributed by atoms with Crippen LogP contribution in [0.1, 0.15) is 104 Å². The molecule has 0 spiro atoms. The fourth-order valence-electron chi connectivity index (χ4n) is 3.30. The molecule has 0 radical (unpaired) electrons. The molecule has 1 saturated heterocycles. The lowest BCUT2D eigenvalue weighted by molar-refractivity contribution is 0.329. The summed E-state index contributed by atoms with van der Waals surface area (Å²) in [5.74, 6) is 0.859. The van der Waals surface area contributed by atoms with E-state index >= 15 is 0 Å². The normalized spacial score (nSPS) is 22.9. The molecule has 1 rings (SSSR count). The third kappa shape index (κ3) is 9.00. The molecule has 0 N–H and O–H groups in total. The summed E-state index contributed by atoms with van der Waals surface area (Å²) in [6.07, 6.45) is 19.4. The summed E-state index contributed by atoms with van der Waals surface area (Å²) in [6, 6.07) is 0. The van der Waals surface area contributed by atoms with Crippen molar-refractivity contribution < 1.29 is 4.74 Å². The van der Waals surface area contributed by atoms with Crippen LogP contribution in [-0.2, 0) is 4.74 Å². The van der Waals surface area contributed by atoms with Crippen LogP contribution in [0.25, 0.3) is 0 Å². The fraction of sp³-hybridized carbons (Fsp3) is 1.00. The van der Waals surface area contributed by atoms with Crippen molar-refractivity contribution in [3.05, 3.63) is 0 Å². The van der Waals surface area contributed by atoms with Crippen molar-refractivity contribution in [2.75, 3.05) is 0 Å². The molecule has 0 aliphatic carbocycles. The monoisotopic (exact) mass is 282 g/mol. The van der Waals surface area contributed by atoms with Crippen molar-refractivity contribution in [2.45, 2.75) is 116 Å². The molecular weight excluding hydrogens is 244 g/mol. The molecule has 0 aromatic carbocycles. The summed E-state index contributed by atoms with van der Waals surface area (Å²) < 4.78 is 5.81. The highest BCUT2D eigenvalue weighted by Crippen LogP contribution is 2.33. The Morgan fingerprint density at radius 1 is 0.750 bits per heavy atom. The first-order valence-electron chi connectivity index (χ1n) is 9.43. The van der Waals surface area contributed by atoms with Crippen LogP contribution in [-0.4, -0.2) is 12.2 Å². The Kier molecular flexibility index (Phi) is 10.4. The molecule has 0 saturated carbocycles. The molecule has 0 aromatic rings. The largest absolute Gasteiger partial charge is 0.370 e. The summed E-state index contributed by atoms with van der Waals surface area (Å²) >= 11 is 0. The molecule has 1 aliphatic rings. The number of epoxide rings is 1. The predicted octanol–water partition coefficient (Wildman–Crippen LogP) is 6.50. The minimum Gasteiger partial charge on any atom is -0.370 e. The van der Waals surface area contributed by atoms with Crippen LogP contribution in [0.4, 0.5) is 0 Å². The van der Waals surface area contributed by atoms with Crippen molar-refractivity contribution in [2.24, 2.45) is 5.92 Å². The Balaban J connectivity index is 1.79. The van der Waals surface area contributed by atoms with Crippen LogP contribution in [0.5, 0.6) is 0 Å². The quantitative estimate of drug-likeness (QED) is 0.261. The SMILES string of the molecule is CCCCCCCCCCCC1OC1CC(C)CCC. The summed E-state index contributed by atoms with van der Waals surface area (Å²) in [5, 5.41) is 0. The van der Waals surface area contributed by atoms with Gasteiger partial charge in [-0.1, -0.05) is 91.4 Å². The molecule has 120 valence electrons. The van der Waals surface area contributed by atoms with Crippen LogP contribution < -0.4 is 0 Å². The van der Waals surface area contributed by atoms with Gasteiger partial charge in [0.1, 0.15) is 0 Å². The lowest BCUT2D eigenvalue weighted by Gasteiger charge is -2.06. The van der Waals surface area contributed by atoms with Crippen LogP contribution >= 0.6 is 0 Å². The molecule has 0 aromatic heterocycles. The zero-order chi connectivity index (χ0) is 14.6. The van der Waals surface area contributed by atoms with Crippen LogP contribution in [0.2, 0.25) is 0 Å². The van der Waals surface area contributed by atoms with E-state index in [9.17, 15) is 0 Å². The maximum absolute atomic E-state index is 5.81. The fourth-order valence-corrected chi connectivity index (χ4v) is 3.30. The average Bonchev–Trinajstić information content (AvgIpc) is 3.15. The third-order valence-corrected chi connectivity index (χ3v) is 4.70. The van der Waals surface area contributed by atoms with Gasteiger partial charge in [0.05, 0.1) is 12.2 Å². The molecule has 1 fully saturated rings. The first kappa shape index (κ1) is 18.0. The van der Waals surface area contributed by atoms with Crippen molar-refractivity contribution >= 4 is 0 Å². The van der Waals surface area contributed by atoms with E-state index in [1.54, 1.807) is 0 Å². The van der Waals surface area contributed by atoms with E-state index in [2.05, 4.69) is 20.8 Å². The molecule has 1 heterocycles. The summed E-state index contributed by atoms with van der Waals surface area (Å²) in [4.78, 5) is 0. The average molecular weight is 283 g/mol. The number of hydrogen-bond acceptors (Lipinski definition) is 1. The first-order chi connectivity index (χ1) is 9.77. The van der Waals surface area contributed by atoms with Crippen LogP contribution in [0.3, 0.4) is 0 Å². The zero-order valence-electron chi connectivity index (χ0n) is 14.3. The van der Waals surface area contributed by atoms with Gasteiger partial charge in [0.15, 0.2) is 0 Å². The molecule has 0 amide bonds. The second-order valence-corrected chi connectivity index (χ2v) is 6.96. The standard InChI is InChI=1S/C19H38O/c1-4-6-7-8-9-10-11-12-13-15-18-19(20-18)16-17(3)14-5-2/h17-19H,4-16H2,1-3H3. The Bertz CT molecular complexity index is 214. The van der Waals surface area contributed by atoms with Gasteiger partial charge in [0, 0.05) is 0 Å². The van der Waals surface area contributed by atoms with Gasteiger partial charge in [-0.25, -0.2) is 0 Å². The molecule has 0 bridgehead atoms. The van der Waals surface area contributed by atoms with Crippen molar-refractivity contribution in [1.82, 2.24) is 0 Å². The van der Waals surface area contributed by atoms with Crippen molar-refractivity contribution in [1.29, 1.82) is 0 Å². The number of ether oxygens (including phenoxy) is 1. The molecule has 20 heavy (non-hydrogen) atoms. The first-order valence-corrected chi connectivity index (χ1v) is 9.43. The van der Waals surface area contributed by atoms with Gasteiger partial charge in [-0.05, 0) is 18.8 Å². The minimum atomic E-state index is 0.616. The smallest absolute Gasteiger partial charge is 0.0844 e. The lowest BCUT2D eigenvalue weighted by atomic mass is 9.98. The summed E-state index contributed by atoms with van der Waals surface area (Å²) in [7, 11) is 0. The second kappa shape index (κ2) is 11.6. The van der Waals surface area contributed by atoms with Crippen LogP contribution in [0, 0.1) is 5.92 Å². The van der Waals surface area contributed by atoms with Gasteiger partial charge >= 0.3 is 0 Å². The van der Waals surface area contributed by atoms with Gasteiger partial charge in [-0.15, -0.1) is 0 Å². The Labute approximate surface area is 127 Å². The third-order valence-electron chi connectivity index (χ3n) is 4.70. The zero-order valence-corrected chi connectivity index (χ0v) is 14.3. The van der Waals surface area contributed by atoms with E-state index in [4.69, 9.17) is 4.74 Å². The maximum atomic E-state index is 5.81. The number of unbranched alkanes of at least 4 members (excludes halogenated alkanes) is 8. The van der Waals surface area contributed by atoms with E-state index in [1.165, 1.54) is 83.5 Å². The van der Waals surface area contributed by atoms with E-state index in [-0.39, 0.29) is 0 Å². The maximum Gasteiger partial charge on any atom is 0.0844 e. The second-order valence-electron chi connectivity index (χ2n) is 6.96. The molecule has 1 aliphatic heterocycles. The van der Waals surface area contributed by atoms with Gasteiger partial charge in [-0.3, -0.25) is 0 Å². The van der Waals surface area contributed by atoms with Crippen molar-refractivity contribution in [3.8, 4) is 0 Å². The molecule has 1 nitrogen and oxygen atoms in total. The Morgan fingerprint density at radius 2 is 1.35 bits per heavy atom. The topological polar surface area (TPSA) is 12.5 Å². The molecule has 3 unspecified atom stereocenters. The van der Waals surface area contributed by atoms with Gasteiger partial charge in [0.25, 0.3) is 0 Å². The lowest BCUT2D eigenvalue weighted by Crippen LogP contribution is -2.02. The Hall–Kier alpha value is -0.0400. The highest BCUT2D eigenvalue weighted by Gasteiger charge is 2.38. The Morgan fingerprint density at radius 3 is 1.95 bits per heavy atom. The van der Waals surface area contributed by atoms with E-state index in [0.717, 1.165) is 5.92 Å². The minimum absolute atomic E-state index is 0.616. The predicted molar refractivity (Wildman–Crippen MR) is 89.2 cm³/mol. The van der Waals surface area contributed by atoms with E-state index in [0.29, 0.717) is 12.2 Å². The number of hydrogen-bond donors (Lipinski definition) is 0. The van der Waals surface area contributed by atoms with E-state index in [1.807, 2.05) is 0 Å². The van der Waals surface area contributed by atoms with Gasteiger partial charge in [0.2, 0.25) is 0 Å². The van der Waals surface area contributed by atoms with Gasteiger partial charge < -0.3 is 4.74 Å². The van der Waals surface area contributed by atoms with Crippen molar-refractivity contribution in [3.63, 3.8) is 0 Å².